The van der Waals surface area contributed by atoms with Gasteiger partial charge in [0.05, 0.1) is 6.10 Å². The Morgan fingerprint density at radius 3 is 2.36 bits per heavy atom. The molecular weight excluding hydrogens is 314 g/mol. The summed E-state index contributed by atoms with van der Waals surface area (Å²) in [5.41, 5.74) is 2.88. The molecule has 2 rings (SSSR count). The molecule has 0 aromatic heterocycles. The standard InChI is InChI=1S/C21H27NO3/c1-15(23)17-11-9-16(10-12-17)13-22-20(24)14-25-19-8-6-5-7-18(19)21(2,3)4/h5-12,15,23H,13-14H2,1-4H3,(H,22,24)/t15-/m0/s1. The highest BCUT2D eigenvalue weighted by Gasteiger charge is 2.18. The third-order valence-corrected chi connectivity index (χ3v) is 4.01. The molecule has 0 bridgehead atoms. The molecule has 2 aromatic carbocycles. The Morgan fingerprint density at radius 2 is 1.76 bits per heavy atom. The molecule has 0 saturated heterocycles. The van der Waals surface area contributed by atoms with Gasteiger partial charge in [-0.25, -0.2) is 0 Å². The maximum absolute atomic E-state index is 12.0. The molecule has 0 spiro atoms. The lowest BCUT2D eigenvalue weighted by Gasteiger charge is -2.22. The van der Waals surface area contributed by atoms with Gasteiger partial charge in [-0.05, 0) is 35.1 Å². The summed E-state index contributed by atoms with van der Waals surface area (Å²) in [5, 5.41) is 12.4. The van der Waals surface area contributed by atoms with Gasteiger partial charge in [0.2, 0.25) is 0 Å². The Balaban J connectivity index is 1.87. The number of rotatable bonds is 6. The number of carbonyl (C=O) groups excluding carboxylic acids is 1. The van der Waals surface area contributed by atoms with Crippen LogP contribution in [0.2, 0.25) is 0 Å². The lowest BCUT2D eigenvalue weighted by atomic mass is 9.86. The number of hydrogen-bond donors (Lipinski definition) is 2. The smallest absolute Gasteiger partial charge is 0.258 e. The number of para-hydroxylation sites is 1. The summed E-state index contributed by atoms with van der Waals surface area (Å²) in [4.78, 5) is 12.0. The van der Waals surface area contributed by atoms with Crippen LogP contribution >= 0.6 is 0 Å². The molecule has 0 saturated carbocycles. The van der Waals surface area contributed by atoms with Crippen LogP contribution in [0.15, 0.2) is 48.5 Å². The zero-order chi connectivity index (χ0) is 18.4. The number of aliphatic hydroxyl groups is 1. The molecule has 0 heterocycles. The van der Waals surface area contributed by atoms with E-state index in [-0.39, 0.29) is 17.9 Å². The topological polar surface area (TPSA) is 58.6 Å². The number of amides is 1. The summed E-state index contributed by atoms with van der Waals surface area (Å²) in [7, 11) is 0. The molecule has 2 aromatic rings. The first-order valence-electron chi connectivity index (χ1n) is 8.53. The highest BCUT2D eigenvalue weighted by Crippen LogP contribution is 2.30. The van der Waals surface area contributed by atoms with Crippen LogP contribution in [0.4, 0.5) is 0 Å². The zero-order valence-electron chi connectivity index (χ0n) is 15.4. The Labute approximate surface area is 149 Å². The van der Waals surface area contributed by atoms with Gasteiger partial charge in [-0.3, -0.25) is 4.79 Å². The fraction of sp³-hybridized carbons (Fsp3) is 0.381. The molecule has 0 aliphatic rings. The Hall–Kier alpha value is -2.33. The van der Waals surface area contributed by atoms with Crippen LogP contribution in [0.3, 0.4) is 0 Å². The summed E-state index contributed by atoms with van der Waals surface area (Å²) in [5.74, 6) is 0.578. The van der Waals surface area contributed by atoms with E-state index >= 15 is 0 Å². The van der Waals surface area contributed by atoms with Crippen molar-refractivity contribution in [2.24, 2.45) is 0 Å². The largest absolute Gasteiger partial charge is 0.483 e. The van der Waals surface area contributed by atoms with Crippen LogP contribution < -0.4 is 10.1 Å². The lowest BCUT2D eigenvalue weighted by Crippen LogP contribution is -2.29. The summed E-state index contributed by atoms with van der Waals surface area (Å²) in [6.45, 7) is 8.50. The van der Waals surface area contributed by atoms with E-state index in [1.54, 1.807) is 6.92 Å². The second kappa shape index (κ2) is 8.17. The third kappa shape index (κ3) is 5.61. The van der Waals surface area contributed by atoms with Gasteiger partial charge in [0, 0.05) is 6.54 Å². The molecule has 134 valence electrons. The van der Waals surface area contributed by atoms with Crippen molar-refractivity contribution < 1.29 is 14.6 Å². The summed E-state index contributed by atoms with van der Waals surface area (Å²) in [6, 6.07) is 15.3. The second-order valence-corrected chi connectivity index (χ2v) is 7.23. The summed E-state index contributed by atoms with van der Waals surface area (Å²) in [6.07, 6.45) is -0.486. The van der Waals surface area contributed by atoms with Crippen LogP contribution in [-0.2, 0) is 16.8 Å². The molecule has 4 nitrogen and oxygen atoms in total. The number of aliphatic hydroxyl groups excluding tert-OH is 1. The highest BCUT2D eigenvalue weighted by molar-refractivity contribution is 5.77. The van der Waals surface area contributed by atoms with Crippen LogP contribution in [0, 0.1) is 0 Å². The SMILES string of the molecule is C[C@H](O)c1ccc(CNC(=O)COc2ccccc2C(C)(C)C)cc1. The normalized spacial score (nSPS) is 12.5. The molecule has 2 N–H and O–H groups in total. The van der Waals surface area contributed by atoms with Crippen molar-refractivity contribution in [2.75, 3.05) is 6.61 Å². The maximum Gasteiger partial charge on any atom is 0.258 e. The second-order valence-electron chi connectivity index (χ2n) is 7.23. The van der Waals surface area contributed by atoms with Gasteiger partial charge in [0.15, 0.2) is 6.61 Å². The first-order chi connectivity index (χ1) is 11.8. The Kier molecular flexibility index (Phi) is 6.21. The molecule has 0 fully saturated rings. The molecule has 0 aliphatic heterocycles. The first-order valence-corrected chi connectivity index (χ1v) is 8.53. The minimum Gasteiger partial charge on any atom is -0.483 e. The van der Waals surface area contributed by atoms with Gasteiger partial charge < -0.3 is 15.2 Å². The molecule has 0 radical (unpaired) electrons. The van der Waals surface area contributed by atoms with Gasteiger partial charge >= 0.3 is 0 Å². The molecule has 25 heavy (non-hydrogen) atoms. The van der Waals surface area contributed by atoms with E-state index in [0.29, 0.717) is 6.54 Å². The van der Waals surface area contributed by atoms with Crippen molar-refractivity contribution in [2.45, 2.75) is 45.8 Å². The number of ether oxygens (including phenoxy) is 1. The molecular formula is C21H27NO3. The van der Waals surface area contributed by atoms with Crippen molar-refractivity contribution >= 4 is 5.91 Å². The van der Waals surface area contributed by atoms with Crippen molar-refractivity contribution in [3.8, 4) is 5.75 Å². The fourth-order valence-corrected chi connectivity index (χ4v) is 2.52. The number of carbonyl (C=O) groups is 1. The predicted octanol–water partition coefficient (Wildman–Crippen LogP) is 3.73. The molecule has 0 aliphatic carbocycles. The first kappa shape index (κ1) is 19.0. The van der Waals surface area contributed by atoms with Crippen molar-refractivity contribution in [1.29, 1.82) is 0 Å². The lowest BCUT2D eigenvalue weighted by molar-refractivity contribution is -0.123. The Morgan fingerprint density at radius 1 is 1.12 bits per heavy atom. The number of hydrogen-bond acceptors (Lipinski definition) is 3. The van der Waals surface area contributed by atoms with E-state index in [0.717, 1.165) is 22.4 Å². The van der Waals surface area contributed by atoms with Gasteiger partial charge in [-0.2, -0.15) is 0 Å². The van der Waals surface area contributed by atoms with Gasteiger partial charge in [-0.1, -0.05) is 63.2 Å². The monoisotopic (exact) mass is 341 g/mol. The number of nitrogens with one attached hydrogen (secondary N) is 1. The van der Waals surface area contributed by atoms with E-state index in [1.165, 1.54) is 0 Å². The van der Waals surface area contributed by atoms with Crippen molar-refractivity contribution in [3.05, 3.63) is 65.2 Å². The highest BCUT2D eigenvalue weighted by atomic mass is 16.5. The molecule has 1 amide bonds. The van der Waals surface area contributed by atoms with E-state index < -0.39 is 6.10 Å². The number of benzene rings is 2. The quantitative estimate of drug-likeness (QED) is 0.842. The Bertz CT molecular complexity index is 700. The van der Waals surface area contributed by atoms with E-state index in [1.807, 2.05) is 48.5 Å². The van der Waals surface area contributed by atoms with E-state index in [2.05, 4.69) is 26.1 Å². The van der Waals surface area contributed by atoms with Crippen molar-refractivity contribution in [3.63, 3.8) is 0 Å². The van der Waals surface area contributed by atoms with Crippen LogP contribution in [0.1, 0.15) is 50.5 Å². The van der Waals surface area contributed by atoms with E-state index in [9.17, 15) is 9.90 Å². The third-order valence-electron chi connectivity index (χ3n) is 4.01. The zero-order valence-corrected chi connectivity index (χ0v) is 15.4. The predicted molar refractivity (Wildman–Crippen MR) is 99.6 cm³/mol. The summed E-state index contributed by atoms with van der Waals surface area (Å²) >= 11 is 0. The minimum atomic E-state index is -0.486. The molecule has 4 heteroatoms. The average molecular weight is 341 g/mol. The van der Waals surface area contributed by atoms with E-state index in [4.69, 9.17) is 4.74 Å². The van der Waals surface area contributed by atoms with Crippen molar-refractivity contribution in [1.82, 2.24) is 5.32 Å². The molecule has 1 atom stereocenters. The molecule has 0 unspecified atom stereocenters. The van der Waals surface area contributed by atoms with Crippen LogP contribution in [0.25, 0.3) is 0 Å². The van der Waals surface area contributed by atoms with Gasteiger partial charge in [0.25, 0.3) is 5.91 Å². The minimum absolute atomic E-state index is 0.0150. The maximum atomic E-state index is 12.0. The van der Waals surface area contributed by atoms with Gasteiger partial charge in [0.1, 0.15) is 5.75 Å². The van der Waals surface area contributed by atoms with Crippen LogP contribution in [0.5, 0.6) is 5.75 Å². The van der Waals surface area contributed by atoms with Crippen LogP contribution in [-0.4, -0.2) is 17.6 Å². The average Bonchev–Trinajstić information content (AvgIpc) is 2.58. The summed E-state index contributed by atoms with van der Waals surface area (Å²) < 4.78 is 5.72. The van der Waals surface area contributed by atoms with Gasteiger partial charge in [-0.15, -0.1) is 0 Å². The fourth-order valence-electron chi connectivity index (χ4n) is 2.52.